The summed E-state index contributed by atoms with van der Waals surface area (Å²) in [6, 6.07) is 9.65. The first-order valence-electron chi connectivity index (χ1n) is 12.3. The largest absolute Gasteiger partial charge is 0.394 e. The fourth-order valence-electron chi connectivity index (χ4n) is 5.32. The average Bonchev–Trinajstić information content (AvgIpc) is 3.47. The molecule has 1 aliphatic carbocycles. The number of aliphatic hydroxyl groups is 1. The molecule has 0 bridgehead atoms. The number of nitrogens with one attached hydrogen (secondary N) is 2. The standard InChI is InChI=1S/C28H31FN4O3/c1-15(14-34)30-26(35)18-7-5-17(6-8-18)16(2)33-13-20-9-19(10-22(29)24(20)27(33)36)25-21-11-28(3,4)12-23(21)31-32-25/h5-10,15-16,34H,11-14H2,1-4H3,(H,30,35)(H,31,32)/t15-,16?/m0/s1. The number of carbonyl (C=O) groups excluding carboxylic acids is 2. The van der Waals surface area contributed by atoms with E-state index in [0.29, 0.717) is 23.2 Å². The second-order valence-corrected chi connectivity index (χ2v) is 10.8. The van der Waals surface area contributed by atoms with Crippen molar-refractivity contribution in [3.63, 3.8) is 0 Å². The zero-order valence-electron chi connectivity index (χ0n) is 21.0. The fourth-order valence-corrected chi connectivity index (χ4v) is 5.32. The van der Waals surface area contributed by atoms with E-state index in [0.717, 1.165) is 35.4 Å². The van der Waals surface area contributed by atoms with Crippen molar-refractivity contribution in [3.8, 4) is 11.3 Å². The molecular formula is C28H31FN4O3. The number of amides is 2. The summed E-state index contributed by atoms with van der Waals surface area (Å²) in [6.45, 7) is 8.19. The molecule has 0 saturated carbocycles. The van der Waals surface area contributed by atoms with E-state index in [1.807, 2.05) is 13.0 Å². The normalized spacial score (nSPS) is 17.6. The summed E-state index contributed by atoms with van der Waals surface area (Å²) in [4.78, 5) is 27.1. The zero-order valence-corrected chi connectivity index (χ0v) is 21.0. The van der Waals surface area contributed by atoms with Gasteiger partial charge in [0.25, 0.3) is 11.8 Å². The van der Waals surface area contributed by atoms with Crippen molar-refractivity contribution in [1.29, 1.82) is 0 Å². The van der Waals surface area contributed by atoms with Crippen molar-refractivity contribution < 1.29 is 19.1 Å². The third-order valence-electron chi connectivity index (χ3n) is 7.30. The summed E-state index contributed by atoms with van der Waals surface area (Å²) < 4.78 is 15.3. The number of benzene rings is 2. The van der Waals surface area contributed by atoms with Gasteiger partial charge in [-0.2, -0.15) is 5.10 Å². The first kappa shape index (κ1) is 24.2. The number of H-pyrrole nitrogens is 1. The van der Waals surface area contributed by atoms with Gasteiger partial charge in [0, 0.05) is 35.0 Å². The Kier molecular flexibility index (Phi) is 5.95. The topological polar surface area (TPSA) is 98.3 Å². The Bertz CT molecular complexity index is 1350. The Hall–Kier alpha value is -3.52. The van der Waals surface area contributed by atoms with E-state index in [9.17, 15) is 9.59 Å². The highest BCUT2D eigenvalue weighted by atomic mass is 19.1. The minimum atomic E-state index is -0.527. The average molecular weight is 491 g/mol. The molecule has 1 unspecified atom stereocenters. The van der Waals surface area contributed by atoms with Crippen LogP contribution in [-0.2, 0) is 19.4 Å². The summed E-state index contributed by atoms with van der Waals surface area (Å²) in [5.74, 6) is -1.14. The monoisotopic (exact) mass is 490 g/mol. The lowest BCUT2D eigenvalue weighted by Crippen LogP contribution is -2.35. The van der Waals surface area contributed by atoms with E-state index in [2.05, 4.69) is 29.4 Å². The van der Waals surface area contributed by atoms with Gasteiger partial charge in [0.2, 0.25) is 0 Å². The number of nitrogens with zero attached hydrogens (tertiary/aromatic N) is 2. The van der Waals surface area contributed by atoms with Gasteiger partial charge >= 0.3 is 0 Å². The van der Waals surface area contributed by atoms with Crippen molar-refractivity contribution in [2.75, 3.05) is 6.61 Å². The minimum absolute atomic E-state index is 0.118. The molecule has 36 heavy (non-hydrogen) atoms. The fraction of sp³-hybridized carbons (Fsp3) is 0.393. The van der Waals surface area contributed by atoms with E-state index in [1.165, 1.54) is 6.07 Å². The molecule has 8 heteroatoms. The van der Waals surface area contributed by atoms with Gasteiger partial charge in [0.1, 0.15) is 5.82 Å². The van der Waals surface area contributed by atoms with Crippen molar-refractivity contribution in [2.45, 2.75) is 59.2 Å². The quantitative estimate of drug-likeness (QED) is 0.483. The number of fused-ring (bicyclic) bond motifs is 2. The minimum Gasteiger partial charge on any atom is -0.394 e. The lowest BCUT2D eigenvalue weighted by Gasteiger charge is -2.25. The van der Waals surface area contributed by atoms with Crippen molar-refractivity contribution in [1.82, 2.24) is 20.4 Å². The summed E-state index contributed by atoms with van der Waals surface area (Å²) in [6.07, 6.45) is 1.79. The summed E-state index contributed by atoms with van der Waals surface area (Å²) in [7, 11) is 0. The number of hydrogen-bond acceptors (Lipinski definition) is 4. The molecule has 2 heterocycles. The number of halogens is 1. The molecule has 1 aromatic heterocycles. The molecule has 0 fully saturated rings. The molecule has 188 valence electrons. The molecule has 1 aliphatic heterocycles. The highest BCUT2D eigenvalue weighted by Crippen LogP contribution is 2.41. The number of aromatic nitrogens is 2. The summed E-state index contributed by atoms with van der Waals surface area (Å²) in [5, 5.41) is 19.4. The lowest BCUT2D eigenvalue weighted by molar-refractivity contribution is 0.0712. The van der Waals surface area contributed by atoms with E-state index in [1.54, 1.807) is 36.1 Å². The van der Waals surface area contributed by atoms with Gasteiger partial charge in [-0.05, 0) is 67.5 Å². The highest BCUT2D eigenvalue weighted by Gasteiger charge is 2.36. The van der Waals surface area contributed by atoms with Gasteiger partial charge in [0.05, 0.1) is 23.9 Å². The molecule has 0 spiro atoms. The smallest absolute Gasteiger partial charge is 0.257 e. The summed E-state index contributed by atoms with van der Waals surface area (Å²) >= 11 is 0. The maximum atomic E-state index is 15.3. The Morgan fingerprint density at radius 1 is 1.22 bits per heavy atom. The Balaban J connectivity index is 1.37. The van der Waals surface area contributed by atoms with Crippen LogP contribution < -0.4 is 5.32 Å². The third-order valence-corrected chi connectivity index (χ3v) is 7.30. The van der Waals surface area contributed by atoms with Gasteiger partial charge in [-0.15, -0.1) is 0 Å². The van der Waals surface area contributed by atoms with E-state index >= 15 is 4.39 Å². The van der Waals surface area contributed by atoms with Crippen LogP contribution in [0.4, 0.5) is 4.39 Å². The van der Waals surface area contributed by atoms with Crippen LogP contribution in [0.1, 0.15) is 76.8 Å². The predicted molar refractivity (Wildman–Crippen MR) is 134 cm³/mol. The Morgan fingerprint density at radius 2 is 1.94 bits per heavy atom. The van der Waals surface area contributed by atoms with Crippen LogP contribution in [0.15, 0.2) is 36.4 Å². The molecule has 7 nitrogen and oxygen atoms in total. The SMILES string of the molecule is CC(c1ccc(C(=O)N[C@@H](C)CO)cc1)N1Cc2cc(-c3n[nH]c4c3CC(C)(C)C4)cc(F)c2C1=O. The number of rotatable bonds is 6. The number of aliphatic hydroxyl groups excluding tert-OH is 1. The second-order valence-electron chi connectivity index (χ2n) is 10.8. The maximum Gasteiger partial charge on any atom is 0.257 e. The van der Waals surface area contributed by atoms with Gasteiger partial charge in [0.15, 0.2) is 0 Å². The first-order chi connectivity index (χ1) is 17.1. The second kappa shape index (κ2) is 8.85. The Morgan fingerprint density at radius 3 is 2.64 bits per heavy atom. The molecule has 3 aromatic rings. The zero-order chi connectivity index (χ0) is 25.8. The number of carbonyl (C=O) groups is 2. The molecule has 2 amide bonds. The van der Waals surface area contributed by atoms with Crippen LogP contribution in [-0.4, -0.2) is 44.7 Å². The highest BCUT2D eigenvalue weighted by molar-refractivity contribution is 5.99. The van der Waals surface area contributed by atoms with Gasteiger partial charge in [-0.1, -0.05) is 26.0 Å². The number of hydrogen-bond donors (Lipinski definition) is 3. The van der Waals surface area contributed by atoms with Gasteiger partial charge < -0.3 is 15.3 Å². The Labute approximate surface area is 209 Å². The van der Waals surface area contributed by atoms with Crippen LogP contribution in [0.3, 0.4) is 0 Å². The molecule has 2 atom stereocenters. The van der Waals surface area contributed by atoms with Crippen molar-refractivity contribution in [3.05, 3.63) is 75.7 Å². The molecule has 3 N–H and O–H groups in total. The third kappa shape index (κ3) is 4.19. The van der Waals surface area contributed by atoms with E-state index in [-0.39, 0.29) is 41.5 Å². The van der Waals surface area contributed by atoms with Gasteiger partial charge in [-0.25, -0.2) is 4.39 Å². The van der Waals surface area contributed by atoms with Crippen LogP contribution in [0.25, 0.3) is 11.3 Å². The van der Waals surface area contributed by atoms with Crippen molar-refractivity contribution >= 4 is 11.8 Å². The van der Waals surface area contributed by atoms with Crippen LogP contribution in [0.2, 0.25) is 0 Å². The van der Waals surface area contributed by atoms with Crippen LogP contribution in [0.5, 0.6) is 0 Å². The predicted octanol–water partition coefficient (Wildman–Crippen LogP) is 4.17. The number of aromatic amines is 1. The molecule has 2 aliphatic rings. The molecule has 0 radical (unpaired) electrons. The lowest BCUT2D eigenvalue weighted by atomic mass is 9.89. The maximum absolute atomic E-state index is 15.3. The summed E-state index contributed by atoms with van der Waals surface area (Å²) in [5.41, 5.74) is 5.91. The molecule has 2 aromatic carbocycles. The van der Waals surface area contributed by atoms with Gasteiger partial charge in [-0.3, -0.25) is 14.7 Å². The van der Waals surface area contributed by atoms with Crippen LogP contribution in [0, 0.1) is 11.2 Å². The van der Waals surface area contributed by atoms with Crippen LogP contribution >= 0.6 is 0 Å². The van der Waals surface area contributed by atoms with E-state index in [4.69, 9.17) is 5.11 Å². The van der Waals surface area contributed by atoms with Crippen molar-refractivity contribution in [2.24, 2.45) is 5.41 Å². The van der Waals surface area contributed by atoms with E-state index < -0.39 is 5.82 Å². The first-order valence-corrected chi connectivity index (χ1v) is 12.3. The molecule has 5 rings (SSSR count). The molecule has 0 saturated heterocycles. The molecular weight excluding hydrogens is 459 g/mol.